The van der Waals surface area contributed by atoms with Crippen LogP contribution in [0.5, 0.6) is 0 Å². The maximum atomic E-state index is 5.91. The van der Waals surface area contributed by atoms with Crippen molar-refractivity contribution in [2.24, 2.45) is 0 Å². The van der Waals surface area contributed by atoms with Crippen molar-refractivity contribution in [2.45, 2.75) is 6.92 Å². The highest BCUT2D eigenvalue weighted by atomic mass is 16.5. The van der Waals surface area contributed by atoms with Crippen LogP contribution in [0, 0.1) is 6.92 Å². The fourth-order valence-corrected chi connectivity index (χ4v) is 1.33. The van der Waals surface area contributed by atoms with Gasteiger partial charge in [-0.2, -0.15) is 0 Å². The van der Waals surface area contributed by atoms with Gasteiger partial charge < -0.3 is 15.8 Å². The monoisotopic (exact) mass is 230 g/mol. The van der Waals surface area contributed by atoms with Crippen LogP contribution in [-0.2, 0) is 4.74 Å². The molecule has 3 N–H and O–H groups in total. The number of nitrogen functional groups attached to an aromatic ring is 1. The lowest BCUT2D eigenvalue weighted by atomic mass is 10.2. The summed E-state index contributed by atoms with van der Waals surface area (Å²) in [5.74, 6) is 0.554. The van der Waals surface area contributed by atoms with E-state index in [4.69, 9.17) is 10.5 Å². The number of hydrogen-bond donors (Lipinski definition) is 2. The maximum Gasteiger partial charge on any atom is 0.113 e. The van der Waals surface area contributed by atoms with Crippen molar-refractivity contribution in [3.63, 3.8) is 0 Å². The number of nitrogens with one attached hydrogen (secondary N) is 1. The van der Waals surface area contributed by atoms with Gasteiger partial charge in [0.25, 0.3) is 0 Å². The van der Waals surface area contributed by atoms with Crippen molar-refractivity contribution < 1.29 is 4.74 Å². The summed E-state index contributed by atoms with van der Waals surface area (Å²) in [6.45, 7) is 9.44. The second-order valence-electron chi connectivity index (χ2n) is 3.69. The van der Waals surface area contributed by atoms with Crippen molar-refractivity contribution in [1.29, 1.82) is 0 Å². The molecule has 1 rings (SSSR count). The molecule has 0 bridgehead atoms. The Bertz CT molecular complexity index is 461. The normalized spacial score (nSPS) is 10.8. The van der Waals surface area contributed by atoms with Crippen molar-refractivity contribution in [3.8, 4) is 0 Å². The van der Waals surface area contributed by atoms with Crippen LogP contribution in [0.15, 0.2) is 55.0 Å². The molecule has 17 heavy (non-hydrogen) atoms. The molecule has 0 radical (unpaired) electrons. The highest BCUT2D eigenvalue weighted by molar-refractivity contribution is 5.69. The summed E-state index contributed by atoms with van der Waals surface area (Å²) < 4.78 is 4.98. The van der Waals surface area contributed by atoms with E-state index >= 15 is 0 Å². The summed E-state index contributed by atoms with van der Waals surface area (Å²) in [5.41, 5.74) is 9.35. The number of nitrogens with two attached hydrogens (primary N) is 1. The minimum Gasteiger partial charge on any atom is -0.497 e. The van der Waals surface area contributed by atoms with Gasteiger partial charge in [0, 0.05) is 11.8 Å². The number of methoxy groups -OCH3 is 1. The van der Waals surface area contributed by atoms with E-state index in [1.807, 2.05) is 25.1 Å². The maximum absolute atomic E-state index is 5.91. The highest BCUT2D eigenvalue weighted by Crippen LogP contribution is 2.21. The molecule has 90 valence electrons. The molecule has 0 fully saturated rings. The molecule has 0 aliphatic rings. The first-order valence-electron chi connectivity index (χ1n) is 5.27. The van der Waals surface area contributed by atoms with Gasteiger partial charge in [0.1, 0.15) is 5.76 Å². The second kappa shape index (κ2) is 5.80. The van der Waals surface area contributed by atoms with Crippen LogP contribution in [0.3, 0.4) is 0 Å². The quantitative estimate of drug-likeness (QED) is 0.464. The van der Waals surface area contributed by atoms with E-state index in [0.717, 1.165) is 16.9 Å². The summed E-state index contributed by atoms with van der Waals surface area (Å²) in [6.07, 6.45) is 3.44. The van der Waals surface area contributed by atoms with Crippen LogP contribution in [0.4, 0.5) is 11.4 Å². The Hall–Kier alpha value is -2.16. The summed E-state index contributed by atoms with van der Waals surface area (Å²) in [4.78, 5) is 0. The number of hydrogen-bond acceptors (Lipinski definition) is 3. The third-order valence-corrected chi connectivity index (χ3v) is 2.28. The molecule has 3 heteroatoms. The van der Waals surface area contributed by atoms with Gasteiger partial charge in [0.2, 0.25) is 0 Å². The second-order valence-corrected chi connectivity index (χ2v) is 3.69. The van der Waals surface area contributed by atoms with Gasteiger partial charge in [-0.3, -0.25) is 0 Å². The van der Waals surface area contributed by atoms with Crippen LogP contribution in [0.25, 0.3) is 0 Å². The van der Waals surface area contributed by atoms with E-state index in [0.29, 0.717) is 11.4 Å². The van der Waals surface area contributed by atoms with Crippen molar-refractivity contribution in [1.82, 2.24) is 0 Å². The summed E-state index contributed by atoms with van der Waals surface area (Å²) in [5, 5.41) is 3.17. The molecular formula is C14H18N2O. The Balaban J connectivity index is 2.92. The van der Waals surface area contributed by atoms with Crippen molar-refractivity contribution >= 4 is 11.4 Å². The molecule has 0 aromatic heterocycles. The Morgan fingerprint density at radius 2 is 2.18 bits per heavy atom. The Morgan fingerprint density at radius 3 is 2.71 bits per heavy atom. The Kier molecular flexibility index (Phi) is 4.40. The lowest BCUT2D eigenvalue weighted by Gasteiger charge is -2.11. The summed E-state index contributed by atoms with van der Waals surface area (Å²) in [6, 6.07) is 5.83. The van der Waals surface area contributed by atoms with E-state index in [9.17, 15) is 0 Å². The van der Waals surface area contributed by atoms with Crippen molar-refractivity contribution in [2.75, 3.05) is 18.2 Å². The molecule has 0 atom stereocenters. The van der Waals surface area contributed by atoms with Crippen LogP contribution in [0.1, 0.15) is 5.56 Å². The van der Waals surface area contributed by atoms with Crippen molar-refractivity contribution in [3.05, 3.63) is 60.5 Å². The molecule has 0 aliphatic carbocycles. The number of aryl methyl sites for hydroxylation is 1. The molecule has 0 saturated heterocycles. The molecule has 1 aromatic carbocycles. The standard InChI is InChI=1S/C14H18N2O/c1-5-12(9-11(3)17-4)16-14-7-6-10(2)8-13(14)15/h5-9,16H,1,3,15H2,2,4H3/b12-9+. The average molecular weight is 230 g/mol. The lowest BCUT2D eigenvalue weighted by Crippen LogP contribution is -2.01. The van der Waals surface area contributed by atoms with E-state index in [-0.39, 0.29) is 0 Å². The molecule has 1 aromatic rings. The van der Waals surface area contributed by atoms with Crippen LogP contribution in [-0.4, -0.2) is 7.11 Å². The molecule has 0 spiro atoms. The number of rotatable bonds is 5. The number of ether oxygens (including phenoxy) is 1. The number of anilines is 2. The van der Waals surface area contributed by atoms with E-state index in [2.05, 4.69) is 18.5 Å². The van der Waals surface area contributed by atoms with Gasteiger partial charge in [-0.25, -0.2) is 0 Å². The van der Waals surface area contributed by atoms with Crippen LogP contribution >= 0.6 is 0 Å². The molecule has 0 unspecified atom stereocenters. The summed E-state index contributed by atoms with van der Waals surface area (Å²) >= 11 is 0. The minimum absolute atomic E-state index is 0.554. The molecule has 0 aliphatic heterocycles. The van der Waals surface area contributed by atoms with E-state index < -0.39 is 0 Å². The average Bonchev–Trinajstić information content (AvgIpc) is 2.31. The molecule has 0 amide bonds. The van der Waals surface area contributed by atoms with Gasteiger partial charge in [0.05, 0.1) is 18.5 Å². The predicted octanol–water partition coefficient (Wildman–Crippen LogP) is 3.22. The fourth-order valence-electron chi connectivity index (χ4n) is 1.33. The number of allylic oxidation sites excluding steroid dienone is 2. The van der Waals surface area contributed by atoms with Gasteiger partial charge in [-0.05, 0) is 30.7 Å². The first-order chi connectivity index (χ1) is 8.06. The number of benzene rings is 1. The SMILES string of the molecule is C=C/C(=C\C(=C)OC)Nc1ccc(C)cc1N. The third-order valence-electron chi connectivity index (χ3n) is 2.28. The Labute approximate surface area is 102 Å². The van der Waals surface area contributed by atoms with E-state index in [1.54, 1.807) is 19.3 Å². The summed E-state index contributed by atoms with van der Waals surface area (Å²) in [7, 11) is 1.57. The third kappa shape index (κ3) is 3.72. The zero-order valence-corrected chi connectivity index (χ0v) is 10.3. The molecule has 3 nitrogen and oxygen atoms in total. The lowest BCUT2D eigenvalue weighted by molar-refractivity contribution is 0.308. The first kappa shape index (κ1) is 12.9. The topological polar surface area (TPSA) is 47.3 Å². The molecule has 0 heterocycles. The van der Waals surface area contributed by atoms with Gasteiger partial charge in [0.15, 0.2) is 0 Å². The fraction of sp³-hybridized carbons (Fsp3) is 0.143. The predicted molar refractivity (Wildman–Crippen MR) is 73.6 cm³/mol. The van der Waals surface area contributed by atoms with Crippen LogP contribution in [0.2, 0.25) is 0 Å². The van der Waals surface area contributed by atoms with Gasteiger partial charge in [-0.1, -0.05) is 19.2 Å². The van der Waals surface area contributed by atoms with E-state index in [1.165, 1.54) is 0 Å². The minimum atomic E-state index is 0.554. The van der Waals surface area contributed by atoms with Gasteiger partial charge in [-0.15, -0.1) is 0 Å². The van der Waals surface area contributed by atoms with Crippen LogP contribution < -0.4 is 11.1 Å². The first-order valence-corrected chi connectivity index (χ1v) is 5.27. The molecule has 0 saturated carbocycles. The van der Waals surface area contributed by atoms with Gasteiger partial charge >= 0.3 is 0 Å². The Morgan fingerprint density at radius 1 is 1.47 bits per heavy atom. The largest absolute Gasteiger partial charge is 0.497 e. The zero-order valence-electron chi connectivity index (χ0n) is 10.3. The zero-order chi connectivity index (χ0) is 12.8. The molecular weight excluding hydrogens is 212 g/mol. The highest BCUT2D eigenvalue weighted by Gasteiger charge is 2.00. The smallest absolute Gasteiger partial charge is 0.113 e.